The molecule has 0 atom stereocenters. The highest BCUT2D eigenvalue weighted by Gasteiger charge is 2.31. The molecule has 0 N–H and O–H groups in total. The average molecular weight is 397 g/mol. The zero-order valence-electron chi connectivity index (χ0n) is 17.7. The molecule has 29 heavy (non-hydrogen) atoms. The second-order valence-corrected chi connectivity index (χ2v) is 9.43. The van der Waals surface area contributed by atoms with Gasteiger partial charge in [-0.05, 0) is 91.0 Å². The minimum Gasteiger partial charge on any atom is -0.204 e. The number of benzene rings is 2. The topological polar surface area (TPSA) is 0 Å². The molecule has 0 heterocycles. The van der Waals surface area contributed by atoms with Crippen LogP contribution in [0.4, 0.5) is 8.78 Å². The lowest BCUT2D eigenvalue weighted by Gasteiger charge is -2.38. The van der Waals surface area contributed by atoms with Gasteiger partial charge in [0, 0.05) is 0 Å². The van der Waals surface area contributed by atoms with Crippen molar-refractivity contribution in [3.63, 3.8) is 0 Å². The normalized spacial score (nSPS) is 27.7. The monoisotopic (exact) mass is 396 g/mol. The molecule has 0 aromatic heterocycles. The van der Waals surface area contributed by atoms with Crippen LogP contribution in [0, 0.1) is 29.4 Å². The fraction of sp³-hybridized carbons (Fsp3) is 0.556. The summed E-state index contributed by atoms with van der Waals surface area (Å²) >= 11 is 0. The molecule has 2 fully saturated rings. The van der Waals surface area contributed by atoms with Crippen LogP contribution in [-0.4, -0.2) is 0 Å². The van der Waals surface area contributed by atoms with Crippen LogP contribution in [0.3, 0.4) is 0 Å². The van der Waals surface area contributed by atoms with Crippen molar-refractivity contribution in [3.8, 4) is 11.1 Å². The van der Waals surface area contributed by atoms with Gasteiger partial charge >= 0.3 is 0 Å². The second-order valence-electron chi connectivity index (χ2n) is 9.43. The van der Waals surface area contributed by atoms with E-state index in [1.807, 2.05) is 0 Å². The molecule has 2 aromatic rings. The van der Waals surface area contributed by atoms with E-state index in [0.717, 1.165) is 28.9 Å². The third kappa shape index (κ3) is 4.90. The van der Waals surface area contributed by atoms with Crippen molar-refractivity contribution in [1.82, 2.24) is 0 Å². The molecule has 0 amide bonds. The quantitative estimate of drug-likeness (QED) is 0.475. The van der Waals surface area contributed by atoms with Crippen LogP contribution in [0.2, 0.25) is 0 Å². The molecular formula is C27H34F2. The van der Waals surface area contributed by atoms with E-state index in [1.165, 1.54) is 81.9 Å². The summed E-state index contributed by atoms with van der Waals surface area (Å²) in [7, 11) is 0. The molecule has 0 aliphatic heterocycles. The van der Waals surface area contributed by atoms with Gasteiger partial charge in [0.15, 0.2) is 11.6 Å². The van der Waals surface area contributed by atoms with E-state index >= 15 is 0 Å². The Kier molecular flexibility index (Phi) is 6.67. The van der Waals surface area contributed by atoms with Crippen molar-refractivity contribution >= 4 is 0 Å². The molecule has 0 saturated heterocycles. The largest absolute Gasteiger partial charge is 0.204 e. The highest BCUT2D eigenvalue weighted by atomic mass is 19.2. The van der Waals surface area contributed by atoms with E-state index < -0.39 is 11.6 Å². The summed E-state index contributed by atoms with van der Waals surface area (Å²) in [6, 6.07) is 12.6. The Labute approximate surface area is 174 Å². The van der Waals surface area contributed by atoms with Crippen LogP contribution >= 0.6 is 0 Å². The predicted molar refractivity (Wildman–Crippen MR) is 117 cm³/mol. The third-order valence-electron chi connectivity index (χ3n) is 7.66. The molecule has 4 rings (SSSR count). The summed E-state index contributed by atoms with van der Waals surface area (Å²) in [6.07, 6.45) is 14.0. The zero-order chi connectivity index (χ0) is 20.2. The maximum atomic E-state index is 13.5. The van der Waals surface area contributed by atoms with Gasteiger partial charge < -0.3 is 0 Å². The first kappa shape index (κ1) is 20.6. The van der Waals surface area contributed by atoms with Crippen LogP contribution in [0.25, 0.3) is 11.1 Å². The number of hydrogen-bond acceptors (Lipinski definition) is 0. The van der Waals surface area contributed by atoms with Gasteiger partial charge in [-0.25, -0.2) is 8.78 Å². The molecule has 2 aliphatic rings. The molecule has 2 aliphatic carbocycles. The summed E-state index contributed by atoms with van der Waals surface area (Å²) in [6.45, 7) is 2.32. The molecule has 0 bridgehead atoms. The Morgan fingerprint density at radius 1 is 0.690 bits per heavy atom. The highest BCUT2D eigenvalue weighted by molar-refractivity contribution is 5.63. The van der Waals surface area contributed by atoms with E-state index in [0.29, 0.717) is 5.92 Å². The lowest BCUT2D eigenvalue weighted by Crippen LogP contribution is -2.25. The average Bonchev–Trinajstić information content (AvgIpc) is 2.77. The zero-order valence-corrected chi connectivity index (χ0v) is 17.7. The van der Waals surface area contributed by atoms with Crippen molar-refractivity contribution in [2.45, 2.75) is 77.0 Å². The van der Waals surface area contributed by atoms with Gasteiger partial charge in [0.2, 0.25) is 0 Å². The van der Waals surface area contributed by atoms with Crippen molar-refractivity contribution in [2.24, 2.45) is 17.8 Å². The smallest absolute Gasteiger partial charge is 0.159 e. The van der Waals surface area contributed by atoms with Gasteiger partial charge in [0.05, 0.1) is 0 Å². The van der Waals surface area contributed by atoms with E-state index in [2.05, 4.69) is 31.2 Å². The van der Waals surface area contributed by atoms with Crippen molar-refractivity contribution in [2.75, 3.05) is 0 Å². The van der Waals surface area contributed by atoms with Gasteiger partial charge in [0.1, 0.15) is 0 Å². The standard InChI is InChI=1S/C27H34F2/c1-2-3-19-4-6-20(7-5-19)21-8-10-22(11-9-21)23-12-14-24(15-13-23)25-16-17-26(28)27(29)18-25/h12-22H,2-11H2,1H3. The lowest BCUT2D eigenvalue weighted by molar-refractivity contribution is 0.156. The van der Waals surface area contributed by atoms with Crippen molar-refractivity contribution in [3.05, 3.63) is 59.7 Å². The van der Waals surface area contributed by atoms with Crippen molar-refractivity contribution in [1.29, 1.82) is 0 Å². The first-order valence-electron chi connectivity index (χ1n) is 11.7. The van der Waals surface area contributed by atoms with Crippen LogP contribution in [0.5, 0.6) is 0 Å². The summed E-state index contributed by atoms with van der Waals surface area (Å²) < 4.78 is 26.7. The molecule has 0 nitrogen and oxygen atoms in total. The van der Waals surface area contributed by atoms with Crippen LogP contribution < -0.4 is 0 Å². The van der Waals surface area contributed by atoms with Gasteiger partial charge in [-0.1, -0.05) is 62.9 Å². The summed E-state index contributed by atoms with van der Waals surface area (Å²) in [4.78, 5) is 0. The molecule has 2 heteroatoms. The lowest BCUT2D eigenvalue weighted by atomic mass is 9.68. The van der Waals surface area contributed by atoms with E-state index in [4.69, 9.17) is 0 Å². The molecular weight excluding hydrogens is 362 g/mol. The second kappa shape index (κ2) is 9.41. The molecule has 2 aromatic carbocycles. The Balaban J connectivity index is 1.31. The third-order valence-corrected chi connectivity index (χ3v) is 7.66. The molecule has 156 valence electrons. The van der Waals surface area contributed by atoms with Crippen LogP contribution in [0.1, 0.15) is 82.6 Å². The van der Waals surface area contributed by atoms with Gasteiger partial charge in [0.25, 0.3) is 0 Å². The van der Waals surface area contributed by atoms with Crippen LogP contribution in [-0.2, 0) is 0 Å². The van der Waals surface area contributed by atoms with Gasteiger partial charge in [-0.3, -0.25) is 0 Å². The van der Waals surface area contributed by atoms with Crippen LogP contribution in [0.15, 0.2) is 42.5 Å². The number of halogens is 2. The Hall–Kier alpha value is -1.70. The van der Waals surface area contributed by atoms with E-state index in [1.54, 1.807) is 6.07 Å². The Morgan fingerprint density at radius 3 is 1.86 bits per heavy atom. The van der Waals surface area contributed by atoms with E-state index in [-0.39, 0.29) is 0 Å². The Bertz CT molecular complexity index is 779. The molecule has 0 unspecified atom stereocenters. The number of hydrogen-bond donors (Lipinski definition) is 0. The van der Waals surface area contributed by atoms with Gasteiger partial charge in [-0.2, -0.15) is 0 Å². The summed E-state index contributed by atoms with van der Waals surface area (Å²) in [5, 5.41) is 0. The summed E-state index contributed by atoms with van der Waals surface area (Å²) in [5.41, 5.74) is 3.09. The Morgan fingerprint density at radius 2 is 1.28 bits per heavy atom. The SMILES string of the molecule is CCCC1CCC(C2CCC(c3ccc(-c4ccc(F)c(F)c4)cc3)CC2)CC1. The van der Waals surface area contributed by atoms with E-state index in [9.17, 15) is 8.78 Å². The maximum absolute atomic E-state index is 13.5. The number of rotatable bonds is 5. The molecule has 0 spiro atoms. The minimum atomic E-state index is -0.791. The summed E-state index contributed by atoms with van der Waals surface area (Å²) in [5.74, 6) is 1.99. The van der Waals surface area contributed by atoms with Crippen molar-refractivity contribution < 1.29 is 8.78 Å². The fourth-order valence-electron chi connectivity index (χ4n) is 5.90. The fourth-order valence-corrected chi connectivity index (χ4v) is 5.90. The predicted octanol–water partition coefficient (Wildman–Crippen LogP) is 8.51. The minimum absolute atomic E-state index is 0.654. The first-order chi connectivity index (χ1) is 14.1. The highest BCUT2D eigenvalue weighted by Crippen LogP contribution is 2.44. The molecule has 0 radical (unpaired) electrons. The maximum Gasteiger partial charge on any atom is 0.159 e. The molecule has 2 saturated carbocycles. The van der Waals surface area contributed by atoms with Gasteiger partial charge in [-0.15, -0.1) is 0 Å². The first-order valence-corrected chi connectivity index (χ1v) is 11.7.